The first-order valence-corrected chi connectivity index (χ1v) is 8.74. The van der Waals surface area contributed by atoms with Crippen molar-refractivity contribution in [2.75, 3.05) is 7.05 Å². The Morgan fingerprint density at radius 2 is 2.05 bits per heavy atom. The summed E-state index contributed by atoms with van der Waals surface area (Å²) in [6, 6.07) is 8.49. The van der Waals surface area contributed by atoms with Crippen molar-refractivity contribution in [1.29, 1.82) is 0 Å². The van der Waals surface area contributed by atoms with Crippen molar-refractivity contribution in [2.45, 2.75) is 18.0 Å². The molecule has 8 heteroatoms. The van der Waals surface area contributed by atoms with Crippen LogP contribution < -0.4 is 10.0 Å². The van der Waals surface area contributed by atoms with E-state index in [-0.39, 0.29) is 16.1 Å². The maximum Gasteiger partial charge on any atom is 0.245 e. The Kier molecular flexibility index (Phi) is 5.45. The molecule has 0 aliphatic rings. The van der Waals surface area contributed by atoms with E-state index in [1.807, 2.05) is 0 Å². The zero-order valence-corrected chi connectivity index (χ0v) is 14.3. The number of sulfonamides is 1. The summed E-state index contributed by atoms with van der Waals surface area (Å²) in [5.41, 5.74) is 0.779. The lowest BCUT2D eigenvalue weighted by Gasteiger charge is -2.05. The Morgan fingerprint density at radius 1 is 1.29 bits per heavy atom. The highest BCUT2D eigenvalue weighted by Crippen LogP contribution is 2.26. The third-order valence-corrected chi connectivity index (χ3v) is 5.20. The van der Waals surface area contributed by atoms with Gasteiger partial charge in [0.25, 0.3) is 0 Å². The second kappa shape index (κ2) is 6.93. The highest BCUT2D eigenvalue weighted by Gasteiger charge is 2.22. The van der Waals surface area contributed by atoms with Gasteiger partial charge in [-0.05, 0) is 40.7 Å². The molecule has 0 atom stereocenters. The maximum absolute atomic E-state index is 12.3. The van der Waals surface area contributed by atoms with Crippen LogP contribution in [0.5, 0.6) is 0 Å². The van der Waals surface area contributed by atoms with Crippen LogP contribution in [0, 0.1) is 0 Å². The van der Waals surface area contributed by atoms with Gasteiger partial charge in [-0.25, -0.2) is 13.1 Å². The molecule has 114 valence electrons. The molecule has 21 heavy (non-hydrogen) atoms. The molecule has 1 aromatic heterocycles. The largest absolute Gasteiger partial charge is 0.452 e. The van der Waals surface area contributed by atoms with Crippen LogP contribution in [0.25, 0.3) is 0 Å². The first-order valence-electron chi connectivity index (χ1n) is 6.09. The number of hydrogen-bond acceptors (Lipinski definition) is 4. The number of rotatable bonds is 6. The predicted molar refractivity (Wildman–Crippen MR) is 84.6 cm³/mol. The molecule has 0 fully saturated rings. The molecule has 0 spiro atoms. The molecule has 2 aromatic rings. The molecule has 0 unspecified atom stereocenters. The van der Waals surface area contributed by atoms with Crippen LogP contribution in [0.2, 0.25) is 5.02 Å². The lowest BCUT2D eigenvalue weighted by atomic mass is 10.2. The van der Waals surface area contributed by atoms with Crippen molar-refractivity contribution >= 4 is 37.6 Å². The third-order valence-electron chi connectivity index (χ3n) is 2.70. The Morgan fingerprint density at radius 3 is 2.71 bits per heavy atom. The number of nitrogens with one attached hydrogen (secondary N) is 2. The van der Waals surface area contributed by atoms with Gasteiger partial charge in [0, 0.05) is 17.6 Å². The van der Waals surface area contributed by atoms with Gasteiger partial charge in [-0.15, -0.1) is 0 Å². The van der Waals surface area contributed by atoms with E-state index in [0.29, 0.717) is 17.3 Å². The number of furan rings is 1. The minimum absolute atomic E-state index is 0.0785. The van der Waals surface area contributed by atoms with E-state index in [1.54, 1.807) is 31.3 Å². The molecule has 2 rings (SSSR count). The van der Waals surface area contributed by atoms with E-state index in [4.69, 9.17) is 16.0 Å². The van der Waals surface area contributed by atoms with Crippen LogP contribution in [-0.4, -0.2) is 15.5 Å². The van der Waals surface area contributed by atoms with E-state index in [1.165, 1.54) is 6.07 Å². The summed E-state index contributed by atoms with van der Waals surface area (Å²) in [5, 5.41) is 3.46. The highest BCUT2D eigenvalue weighted by atomic mass is 79.9. The Labute approximate surface area is 136 Å². The monoisotopic (exact) mass is 392 g/mol. The Balaban J connectivity index is 2.15. The molecule has 1 heterocycles. The van der Waals surface area contributed by atoms with Crippen molar-refractivity contribution in [3.63, 3.8) is 0 Å². The van der Waals surface area contributed by atoms with Crippen LogP contribution in [0.1, 0.15) is 11.3 Å². The topological polar surface area (TPSA) is 71.3 Å². The van der Waals surface area contributed by atoms with Gasteiger partial charge in [-0.1, -0.05) is 23.7 Å². The first-order chi connectivity index (χ1) is 9.92. The van der Waals surface area contributed by atoms with Crippen molar-refractivity contribution in [3.05, 3.63) is 51.3 Å². The fraction of sp³-hybridized carbons (Fsp3) is 0.231. The average Bonchev–Trinajstić information content (AvgIpc) is 2.79. The molecule has 0 amide bonds. The van der Waals surface area contributed by atoms with Gasteiger partial charge in [0.1, 0.15) is 10.7 Å². The minimum atomic E-state index is -3.66. The second-order valence-corrected chi connectivity index (χ2v) is 7.23. The van der Waals surface area contributed by atoms with Gasteiger partial charge < -0.3 is 9.73 Å². The van der Waals surface area contributed by atoms with Crippen molar-refractivity contribution in [1.82, 2.24) is 10.0 Å². The Hall–Kier alpha value is -0.860. The van der Waals surface area contributed by atoms with E-state index in [0.717, 1.165) is 5.56 Å². The summed E-state index contributed by atoms with van der Waals surface area (Å²) < 4.78 is 32.6. The second-order valence-electron chi connectivity index (χ2n) is 4.34. The minimum Gasteiger partial charge on any atom is -0.452 e. The predicted octanol–water partition coefficient (Wildman–Crippen LogP) is 2.89. The summed E-state index contributed by atoms with van der Waals surface area (Å²) >= 11 is 8.99. The molecular weight excluding hydrogens is 380 g/mol. The van der Waals surface area contributed by atoms with E-state index in [9.17, 15) is 8.42 Å². The first kappa shape index (κ1) is 16.5. The SMILES string of the molecule is CNCc1cc(S(=O)(=O)NCc2cccc(Cl)c2)c(Br)o1. The van der Waals surface area contributed by atoms with Gasteiger partial charge in [0.2, 0.25) is 10.0 Å². The molecule has 0 saturated carbocycles. The molecule has 1 aromatic carbocycles. The van der Waals surface area contributed by atoms with Gasteiger partial charge in [0.05, 0.1) is 6.54 Å². The van der Waals surface area contributed by atoms with Crippen LogP contribution in [0.4, 0.5) is 0 Å². The molecule has 0 saturated heterocycles. The summed E-state index contributed by atoms with van der Waals surface area (Å²) in [4.78, 5) is 0.0785. The van der Waals surface area contributed by atoms with Crippen LogP contribution in [0.3, 0.4) is 0 Å². The zero-order valence-electron chi connectivity index (χ0n) is 11.2. The van der Waals surface area contributed by atoms with Crippen molar-refractivity contribution in [3.8, 4) is 0 Å². The number of halogens is 2. The molecule has 2 N–H and O–H groups in total. The van der Waals surface area contributed by atoms with Crippen LogP contribution >= 0.6 is 27.5 Å². The molecule has 0 bridgehead atoms. The lowest BCUT2D eigenvalue weighted by Crippen LogP contribution is -2.23. The van der Waals surface area contributed by atoms with E-state index >= 15 is 0 Å². The smallest absolute Gasteiger partial charge is 0.245 e. The molecule has 0 aliphatic heterocycles. The normalized spacial score (nSPS) is 11.8. The van der Waals surface area contributed by atoms with Crippen molar-refractivity contribution in [2.24, 2.45) is 0 Å². The molecular formula is C13H14BrClN2O3S. The molecule has 0 aliphatic carbocycles. The van der Waals surface area contributed by atoms with Gasteiger partial charge in [-0.2, -0.15) is 0 Å². The van der Waals surface area contributed by atoms with Gasteiger partial charge in [-0.3, -0.25) is 0 Å². The fourth-order valence-corrected chi connectivity index (χ4v) is 3.97. The summed E-state index contributed by atoms with van der Waals surface area (Å²) in [6.07, 6.45) is 0. The summed E-state index contributed by atoms with van der Waals surface area (Å²) in [5.74, 6) is 0.535. The van der Waals surface area contributed by atoms with Crippen LogP contribution in [-0.2, 0) is 23.1 Å². The van der Waals surface area contributed by atoms with E-state index in [2.05, 4.69) is 26.0 Å². The van der Waals surface area contributed by atoms with E-state index < -0.39 is 10.0 Å². The highest BCUT2D eigenvalue weighted by molar-refractivity contribution is 9.10. The summed E-state index contributed by atoms with van der Waals surface area (Å²) in [6.45, 7) is 0.601. The standard InChI is InChI=1S/C13H14BrClN2O3S/c1-16-8-11-6-12(13(14)20-11)21(18,19)17-7-9-3-2-4-10(15)5-9/h2-6,16-17H,7-8H2,1H3. The quantitative estimate of drug-likeness (QED) is 0.791. The Bertz CT molecular complexity index is 731. The molecule has 0 radical (unpaired) electrons. The van der Waals surface area contributed by atoms with Crippen LogP contribution in [0.15, 0.2) is 44.3 Å². The summed E-state index contributed by atoms with van der Waals surface area (Å²) in [7, 11) is -1.91. The van der Waals surface area contributed by atoms with Crippen molar-refractivity contribution < 1.29 is 12.8 Å². The van der Waals surface area contributed by atoms with Gasteiger partial charge >= 0.3 is 0 Å². The third kappa shape index (κ3) is 4.31. The fourth-order valence-electron chi connectivity index (χ4n) is 1.75. The number of hydrogen-bond donors (Lipinski definition) is 2. The zero-order chi connectivity index (χ0) is 15.5. The molecule has 5 nitrogen and oxygen atoms in total. The maximum atomic E-state index is 12.3. The lowest BCUT2D eigenvalue weighted by molar-refractivity contribution is 0.470. The number of benzene rings is 1. The van der Waals surface area contributed by atoms with Gasteiger partial charge in [0.15, 0.2) is 4.67 Å². The average molecular weight is 394 g/mol.